The van der Waals surface area contributed by atoms with Gasteiger partial charge in [0.15, 0.2) is 0 Å². The zero-order valence-electron chi connectivity index (χ0n) is 22.5. The maximum absolute atomic E-state index is 6.70. The number of aliphatic imine (C=N–C) groups is 1. The van der Waals surface area contributed by atoms with Crippen LogP contribution in [0.25, 0.3) is 55.5 Å². The summed E-state index contributed by atoms with van der Waals surface area (Å²) in [6.45, 7) is 6.34. The molecule has 0 aliphatic heterocycles. The molecule has 0 radical (unpaired) electrons. The maximum atomic E-state index is 6.70. The first-order valence-electron chi connectivity index (χ1n) is 13.4. The molecule has 3 nitrogen and oxygen atoms in total. The van der Waals surface area contributed by atoms with Crippen molar-refractivity contribution in [1.82, 2.24) is 0 Å². The number of fused-ring (bicyclic) bond motifs is 3. The molecule has 5 aromatic carbocycles. The molecular weight excluding hydrogens is 488 g/mol. The van der Waals surface area contributed by atoms with Gasteiger partial charge in [-0.1, -0.05) is 84.9 Å². The fraction of sp³-hybridized carbons (Fsp3) is 0.0541. The third-order valence-electron chi connectivity index (χ3n) is 7.31. The smallest absolute Gasteiger partial charge is 0.135 e. The van der Waals surface area contributed by atoms with Gasteiger partial charge in [0.2, 0.25) is 0 Å². The SMILES string of the molecule is C=NCc1cccc2oc3ccc(/C(C)=C/C=C(\N)c4cc(-c5ccccc5)cc(-c5ccccc5)c4)cc3c12. The molecule has 6 aromatic rings. The van der Waals surface area contributed by atoms with Gasteiger partial charge in [0.1, 0.15) is 11.2 Å². The van der Waals surface area contributed by atoms with Crippen LogP contribution in [0.3, 0.4) is 0 Å². The molecule has 194 valence electrons. The van der Waals surface area contributed by atoms with E-state index in [0.29, 0.717) is 12.2 Å². The van der Waals surface area contributed by atoms with E-state index in [9.17, 15) is 0 Å². The van der Waals surface area contributed by atoms with Crippen LogP contribution in [0.15, 0.2) is 137 Å². The highest BCUT2D eigenvalue weighted by Gasteiger charge is 2.12. The van der Waals surface area contributed by atoms with E-state index in [2.05, 4.69) is 110 Å². The molecule has 1 heterocycles. The fourth-order valence-electron chi connectivity index (χ4n) is 5.19. The highest BCUT2D eigenvalue weighted by atomic mass is 16.3. The van der Waals surface area contributed by atoms with E-state index in [1.807, 2.05) is 36.4 Å². The Bertz CT molecular complexity index is 1840. The molecule has 0 amide bonds. The number of hydrogen-bond donors (Lipinski definition) is 1. The average molecular weight is 519 g/mol. The van der Waals surface area contributed by atoms with E-state index in [0.717, 1.165) is 66.5 Å². The second-order valence-electron chi connectivity index (χ2n) is 9.99. The third kappa shape index (κ3) is 4.97. The van der Waals surface area contributed by atoms with Gasteiger partial charge in [-0.3, -0.25) is 4.99 Å². The van der Waals surface area contributed by atoms with Gasteiger partial charge < -0.3 is 10.2 Å². The molecule has 3 heteroatoms. The van der Waals surface area contributed by atoms with E-state index in [-0.39, 0.29) is 0 Å². The topological polar surface area (TPSA) is 51.5 Å². The van der Waals surface area contributed by atoms with Crippen molar-refractivity contribution in [2.24, 2.45) is 10.7 Å². The summed E-state index contributed by atoms with van der Waals surface area (Å²) >= 11 is 0. The minimum Gasteiger partial charge on any atom is -0.456 e. The Balaban J connectivity index is 1.39. The Labute approximate surface area is 234 Å². The van der Waals surface area contributed by atoms with Crippen LogP contribution in [0.5, 0.6) is 0 Å². The predicted octanol–water partition coefficient (Wildman–Crippen LogP) is 9.52. The molecular formula is C37H30N2O. The number of rotatable bonds is 7. The predicted molar refractivity (Wildman–Crippen MR) is 170 cm³/mol. The Hall–Kier alpha value is -5.15. The lowest BCUT2D eigenvalue weighted by Crippen LogP contribution is -1.97. The van der Waals surface area contributed by atoms with Crippen molar-refractivity contribution in [3.05, 3.63) is 144 Å². The summed E-state index contributed by atoms with van der Waals surface area (Å²) in [6, 6.07) is 39.8. The van der Waals surface area contributed by atoms with E-state index >= 15 is 0 Å². The van der Waals surface area contributed by atoms with Gasteiger partial charge in [0.25, 0.3) is 0 Å². The molecule has 0 bridgehead atoms. The Morgan fingerprint density at radius 3 is 2.02 bits per heavy atom. The van der Waals surface area contributed by atoms with Gasteiger partial charge in [-0.15, -0.1) is 0 Å². The Kier molecular flexibility index (Phi) is 6.86. The third-order valence-corrected chi connectivity index (χ3v) is 7.31. The van der Waals surface area contributed by atoms with E-state index in [1.165, 1.54) is 0 Å². The second kappa shape index (κ2) is 10.9. The molecule has 0 spiro atoms. The van der Waals surface area contributed by atoms with Crippen molar-refractivity contribution in [3.63, 3.8) is 0 Å². The van der Waals surface area contributed by atoms with Crippen LogP contribution < -0.4 is 5.73 Å². The molecule has 0 saturated heterocycles. The fourth-order valence-corrected chi connectivity index (χ4v) is 5.19. The van der Waals surface area contributed by atoms with Gasteiger partial charge in [-0.25, -0.2) is 0 Å². The van der Waals surface area contributed by atoms with Crippen LogP contribution in [0.2, 0.25) is 0 Å². The number of allylic oxidation sites excluding steroid dienone is 3. The van der Waals surface area contributed by atoms with E-state index < -0.39 is 0 Å². The summed E-state index contributed by atoms with van der Waals surface area (Å²) in [5.41, 5.74) is 18.1. The highest BCUT2D eigenvalue weighted by molar-refractivity contribution is 6.07. The van der Waals surface area contributed by atoms with Crippen molar-refractivity contribution in [2.75, 3.05) is 0 Å². The zero-order valence-corrected chi connectivity index (χ0v) is 22.5. The van der Waals surface area contributed by atoms with Gasteiger partial charge in [0, 0.05) is 16.5 Å². The molecule has 0 unspecified atom stereocenters. The number of furan rings is 1. The molecule has 40 heavy (non-hydrogen) atoms. The number of nitrogens with two attached hydrogens (primary N) is 1. The molecule has 0 saturated carbocycles. The Morgan fingerprint density at radius 2 is 1.38 bits per heavy atom. The van der Waals surface area contributed by atoms with Crippen LogP contribution in [0, 0.1) is 0 Å². The van der Waals surface area contributed by atoms with Crippen LogP contribution in [0.4, 0.5) is 0 Å². The highest BCUT2D eigenvalue weighted by Crippen LogP contribution is 2.34. The van der Waals surface area contributed by atoms with E-state index in [1.54, 1.807) is 0 Å². The lowest BCUT2D eigenvalue weighted by molar-refractivity contribution is 0.668. The molecule has 0 atom stereocenters. The largest absolute Gasteiger partial charge is 0.456 e. The molecule has 1 aromatic heterocycles. The first kappa shape index (κ1) is 25.1. The second-order valence-corrected chi connectivity index (χ2v) is 9.99. The monoisotopic (exact) mass is 518 g/mol. The molecule has 0 fully saturated rings. The minimum atomic E-state index is 0.553. The number of nitrogens with zero attached hydrogens (tertiary/aromatic N) is 1. The van der Waals surface area contributed by atoms with Crippen molar-refractivity contribution in [1.29, 1.82) is 0 Å². The Morgan fingerprint density at radius 1 is 0.700 bits per heavy atom. The van der Waals surface area contributed by atoms with Gasteiger partial charge in [-0.2, -0.15) is 0 Å². The van der Waals surface area contributed by atoms with Crippen molar-refractivity contribution in [2.45, 2.75) is 13.5 Å². The van der Waals surface area contributed by atoms with Crippen molar-refractivity contribution >= 4 is 39.9 Å². The van der Waals surface area contributed by atoms with Crippen LogP contribution in [-0.4, -0.2) is 6.72 Å². The van der Waals surface area contributed by atoms with Gasteiger partial charge in [0.05, 0.1) is 6.54 Å². The molecule has 2 N–H and O–H groups in total. The standard InChI is InChI=1S/C37H30N2O/c1-25(28-17-19-35-33(23-28)37-29(24-39-2)14-9-15-36(37)40-35)16-18-34(38)32-21-30(26-10-5-3-6-11-26)20-31(22-32)27-12-7-4-8-13-27/h3-23H,2,24,38H2,1H3/b25-16+,34-18-. The first-order chi connectivity index (χ1) is 19.6. The van der Waals surface area contributed by atoms with Gasteiger partial charge in [-0.05, 0) is 101 Å². The van der Waals surface area contributed by atoms with Crippen LogP contribution in [-0.2, 0) is 6.54 Å². The minimum absolute atomic E-state index is 0.553. The number of hydrogen-bond acceptors (Lipinski definition) is 3. The summed E-state index contributed by atoms with van der Waals surface area (Å²) in [5.74, 6) is 0. The summed E-state index contributed by atoms with van der Waals surface area (Å²) in [7, 11) is 0. The summed E-state index contributed by atoms with van der Waals surface area (Å²) in [5, 5.41) is 2.18. The van der Waals surface area contributed by atoms with Crippen molar-refractivity contribution in [3.8, 4) is 22.3 Å². The van der Waals surface area contributed by atoms with Gasteiger partial charge >= 0.3 is 0 Å². The molecule has 6 rings (SSSR count). The van der Waals surface area contributed by atoms with E-state index in [4.69, 9.17) is 10.2 Å². The lowest BCUT2D eigenvalue weighted by Gasteiger charge is -2.11. The first-order valence-corrected chi connectivity index (χ1v) is 13.4. The summed E-state index contributed by atoms with van der Waals surface area (Å²) in [6.07, 6.45) is 4.08. The molecule has 0 aliphatic carbocycles. The lowest BCUT2D eigenvalue weighted by atomic mass is 9.95. The van der Waals surface area contributed by atoms with Crippen LogP contribution in [0.1, 0.15) is 23.6 Å². The normalized spacial score (nSPS) is 12.2. The van der Waals surface area contributed by atoms with Crippen LogP contribution >= 0.6 is 0 Å². The quantitative estimate of drug-likeness (QED) is 0.169. The number of benzene rings is 5. The molecule has 0 aliphatic rings. The summed E-state index contributed by atoms with van der Waals surface area (Å²) in [4.78, 5) is 4.10. The summed E-state index contributed by atoms with van der Waals surface area (Å²) < 4.78 is 6.11. The average Bonchev–Trinajstić information content (AvgIpc) is 3.39. The van der Waals surface area contributed by atoms with Crippen molar-refractivity contribution < 1.29 is 4.42 Å². The maximum Gasteiger partial charge on any atom is 0.135 e. The zero-order chi connectivity index (χ0) is 27.5.